The first-order valence-corrected chi connectivity index (χ1v) is 5.33. The van der Waals surface area contributed by atoms with Crippen LogP contribution in [-0.2, 0) is 13.6 Å². The van der Waals surface area contributed by atoms with Gasteiger partial charge in [0.05, 0.1) is 6.20 Å². The molecular weight excluding hydrogens is 194 g/mol. The third-order valence-corrected chi connectivity index (χ3v) is 3.14. The Kier molecular flexibility index (Phi) is 2.65. The van der Waals surface area contributed by atoms with Crippen molar-refractivity contribution in [3.63, 3.8) is 0 Å². The number of nitrogens with zero attached hydrogens (tertiary/aromatic N) is 2. The van der Waals surface area contributed by atoms with Crippen LogP contribution in [0.3, 0.4) is 0 Å². The zero-order chi connectivity index (χ0) is 9.97. The molecule has 0 fully saturated rings. The van der Waals surface area contributed by atoms with Gasteiger partial charge in [-0.15, -0.1) is 11.3 Å². The summed E-state index contributed by atoms with van der Waals surface area (Å²) in [5.74, 6) is 0. The van der Waals surface area contributed by atoms with E-state index in [4.69, 9.17) is 0 Å². The molecule has 2 aromatic heterocycles. The molecule has 0 aromatic carbocycles. The second-order valence-corrected chi connectivity index (χ2v) is 4.37. The number of aryl methyl sites for hydroxylation is 1. The van der Waals surface area contributed by atoms with Crippen molar-refractivity contribution in [1.82, 2.24) is 15.1 Å². The molecule has 1 N–H and O–H groups in total. The molecule has 2 heterocycles. The van der Waals surface area contributed by atoms with E-state index in [1.165, 1.54) is 15.3 Å². The molecule has 0 atom stereocenters. The fourth-order valence-corrected chi connectivity index (χ4v) is 2.35. The molecule has 0 saturated heterocycles. The average molecular weight is 207 g/mol. The van der Waals surface area contributed by atoms with E-state index in [1.807, 2.05) is 42.5 Å². The van der Waals surface area contributed by atoms with Crippen molar-refractivity contribution in [3.8, 4) is 10.4 Å². The summed E-state index contributed by atoms with van der Waals surface area (Å²) in [6.45, 7) is 0.935. The maximum absolute atomic E-state index is 4.16. The van der Waals surface area contributed by atoms with E-state index in [-0.39, 0.29) is 0 Å². The van der Waals surface area contributed by atoms with Gasteiger partial charge in [0, 0.05) is 35.1 Å². The Morgan fingerprint density at radius 1 is 1.50 bits per heavy atom. The van der Waals surface area contributed by atoms with E-state index in [0.29, 0.717) is 0 Å². The van der Waals surface area contributed by atoms with Crippen molar-refractivity contribution in [2.24, 2.45) is 7.05 Å². The van der Waals surface area contributed by atoms with Crippen LogP contribution < -0.4 is 5.32 Å². The Labute approximate surface area is 87.4 Å². The quantitative estimate of drug-likeness (QED) is 0.832. The normalized spacial score (nSPS) is 10.7. The Balaban J connectivity index is 2.24. The highest BCUT2D eigenvalue weighted by Crippen LogP contribution is 2.27. The van der Waals surface area contributed by atoms with E-state index >= 15 is 0 Å². The third kappa shape index (κ3) is 1.86. The summed E-state index contributed by atoms with van der Waals surface area (Å²) >= 11 is 1.81. The van der Waals surface area contributed by atoms with Gasteiger partial charge in [0.15, 0.2) is 0 Å². The number of hydrogen-bond donors (Lipinski definition) is 1. The lowest BCUT2D eigenvalue weighted by Gasteiger charge is -1.92. The van der Waals surface area contributed by atoms with Gasteiger partial charge in [-0.25, -0.2) is 0 Å². The molecule has 0 bridgehead atoms. The van der Waals surface area contributed by atoms with Crippen LogP contribution in [0.4, 0.5) is 0 Å². The number of thiophene rings is 1. The Hall–Kier alpha value is -1.13. The molecule has 2 rings (SSSR count). The van der Waals surface area contributed by atoms with Crippen molar-refractivity contribution in [2.75, 3.05) is 7.05 Å². The average Bonchev–Trinajstić information content (AvgIpc) is 2.74. The molecule has 0 aliphatic heterocycles. The summed E-state index contributed by atoms with van der Waals surface area (Å²) in [7, 11) is 3.90. The van der Waals surface area contributed by atoms with Gasteiger partial charge in [-0.3, -0.25) is 4.68 Å². The molecule has 0 aliphatic rings. The molecule has 0 saturated carbocycles. The van der Waals surface area contributed by atoms with Crippen LogP contribution in [0.5, 0.6) is 0 Å². The molecule has 3 nitrogen and oxygen atoms in total. The lowest BCUT2D eigenvalue weighted by Crippen LogP contribution is -2.02. The number of rotatable bonds is 3. The highest BCUT2D eigenvalue weighted by molar-refractivity contribution is 7.15. The van der Waals surface area contributed by atoms with Crippen molar-refractivity contribution in [1.29, 1.82) is 0 Å². The molecule has 2 aromatic rings. The summed E-state index contributed by atoms with van der Waals surface area (Å²) in [6.07, 6.45) is 3.93. The maximum Gasteiger partial charge on any atom is 0.0576 e. The molecule has 14 heavy (non-hydrogen) atoms. The highest BCUT2D eigenvalue weighted by atomic mass is 32.1. The van der Waals surface area contributed by atoms with Gasteiger partial charge in [0.25, 0.3) is 0 Å². The van der Waals surface area contributed by atoms with Gasteiger partial charge in [-0.2, -0.15) is 5.10 Å². The van der Waals surface area contributed by atoms with E-state index in [1.54, 1.807) is 0 Å². The summed E-state index contributed by atoms with van der Waals surface area (Å²) in [5.41, 5.74) is 1.19. The summed E-state index contributed by atoms with van der Waals surface area (Å²) < 4.78 is 1.83. The van der Waals surface area contributed by atoms with Gasteiger partial charge in [0.1, 0.15) is 0 Å². The van der Waals surface area contributed by atoms with Crippen molar-refractivity contribution in [2.45, 2.75) is 6.54 Å². The van der Waals surface area contributed by atoms with Gasteiger partial charge in [0.2, 0.25) is 0 Å². The van der Waals surface area contributed by atoms with E-state index in [0.717, 1.165) is 6.54 Å². The predicted octanol–water partition coefficient (Wildman–Crippen LogP) is 1.87. The lowest BCUT2D eigenvalue weighted by atomic mass is 10.3. The van der Waals surface area contributed by atoms with Crippen LogP contribution in [0.25, 0.3) is 10.4 Å². The molecule has 0 aliphatic carbocycles. The number of nitrogens with one attached hydrogen (secondary N) is 1. The second kappa shape index (κ2) is 3.94. The first kappa shape index (κ1) is 9.43. The van der Waals surface area contributed by atoms with Crippen LogP contribution in [0.1, 0.15) is 4.88 Å². The highest BCUT2D eigenvalue weighted by Gasteiger charge is 2.03. The monoisotopic (exact) mass is 207 g/mol. The van der Waals surface area contributed by atoms with Crippen molar-refractivity contribution < 1.29 is 0 Å². The lowest BCUT2D eigenvalue weighted by molar-refractivity contribution is 0.768. The topological polar surface area (TPSA) is 29.9 Å². The standard InChI is InChI=1S/C10H13N3S/c1-11-6-9-3-4-10(14-9)8-5-12-13(2)7-8/h3-5,7,11H,6H2,1-2H3. The Morgan fingerprint density at radius 3 is 3.00 bits per heavy atom. The first-order chi connectivity index (χ1) is 6.79. The van der Waals surface area contributed by atoms with E-state index in [9.17, 15) is 0 Å². The molecule has 0 unspecified atom stereocenters. The molecule has 0 spiro atoms. The molecular formula is C10H13N3S. The van der Waals surface area contributed by atoms with Gasteiger partial charge in [-0.1, -0.05) is 0 Å². The maximum atomic E-state index is 4.16. The van der Waals surface area contributed by atoms with E-state index < -0.39 is 0 Å². The Bertz CT molecular complexity index is 416. The fraction of sp³-hybridized carbons (Fsp3) is 0.300. The van der Waals surface area contributed by atoms with E-state index in [2.05, 4.69) is 22.5 Å². The minimum absolute atomic E-state index is 0.935. The summed E-state index contributed by atoms with van der Waals surface area (Å²) in [5, 5.41) is 7.30. The van der Waals surface area contributed by atoms with Crippen LogP contribution in [0.15, 0.2) is 24.5 Å². The third-order valence-electron chi connectivity index (χ3n) is 2.00. The fourth-order valence-electron chi connectivity index (χ4n) is 1.35. The minimum Gasteiger partial charge on any atom is -0.315 e. The number of hydrogen-bond acceptors (Lipinski definition) is 3. The van der Waals surface area contributed by atoms with Gasteiger partial charge in [-0.05, 0) is 19.2 Å². The molecule has 4 heteroatoms. The zero-order valence-corrected chi connectivity index (χ0v) is 9.14. The molecule has 74 valence electrons. The smallest absolute Gasteiger partial charge is 0.0576 e. The van der Waals surface area contributed by atoms with Gasteiger partial charge < -0.3 is 5.32 Å². The summed E-state index contributed by atoms with van der Waals surface area (Å²) in [4.78, 5) is 2.63. The Morgan fingerprint density at radius 2 is 2.36 bits per heavy atom. The number of aromatic nitrogens is 2. The van der Waals surface area contributed by atoms with Crippen LogP contribution in [0, 0.1) is 0 Å². The van der Waals surface area contributed by atoms with Crippen molar-refractivity contribution in [3.05, 3.63) is 29.4 Å². The predicted molar refractivity (Wildman–Crippen MR) is 59.3 cm³/mol. The minimum atomic E-state index is 0.935. The summed E-state index contributed by atoms with van der Waals surface area (Å²) in [6, 6.07) is 4.30. The molecule has 0 radical (unpaired) electrons. The van der Waals surface area contributed by atoms with Crippen molar-refractivity contribution >= 4 is 11.3 Å². The van der Waals surface area contributed by atoms with Gasteiger partial charge >= 0.3 is 0 Å². The largest absolute Gasteiger partial charge is 0.315 e. The SMILES string of the molecule is CNCc1ccc(-c2cnn(C)c2)s1. The second-order valence-electron chi connectivity index (χ2n) is 3.20. The molecule has 0 amide bonds. The van der Waals surface area contributed by atoms with Crippen LogP contribution >= 0.6 is 11.3 Å². The van der Waals surface area contributed by atoms with Crippen LogP contribution in [0.2, 0.25) is 0 Å². The van der Waals surface area contributed by atoms with Crippen LogP contribution in [-0.4, -0.2) is 16.8 Å². The first-order valence-electron chi connectivity index (χ1n) is 4.52. The zero-order valence-electron chi connectivity index (χ0n) is 8.32.